The lowest BCUT2D eigenvalue weighted by Gasteiger charge is -2.16. The van der Waals surface area contributed by atoms with Crippen molar-refractivity contribution >= 4 is 0 Å². The summed E-state index contributed by atoms with van der Waals surface area (Å²) < 4.78 is 25.9. The first-order valence-electron chi connectivity index (χ1n) is 4.28. The average Bonchev–Trinajstić information content (AvgIpc) is 2.08. The maximum Gasteiger partial charge on any atom is 0.129 e. The van der Waals surface area contributed by atoms with Crippen LogP contribution in [0.3, 0.4) is 0 Å². The Bertz CT molecular complexity index is 315. The van der Waals surface area contributed by atoms with Gasteiger partial charge in [0.05, 0.1) is 6.10 Å². The molecule has 0 heterocycles. The monoisotopic (exact) mass is 201 g/mol. The van der Waals surface area contributed by atoms with Crippen molar-refractivity contribution in [1.82, 2.24) is 4.90 Å². The zero-order valence-corrected chi connectivity index (χ0v) is 8.17. The number of likely N-dealkylation sites (N-methyl/N-ethyl adjacent to an activating group) is 1. The van der Waals surface area contributed by atoms with Crippen LogP contribution >= 0.6 is 0 Å². The number of aliphatic hydroxyl groups is 1. The molecule has 0 aliphatic carbocycles. The number of aliphatic hydroxyl groups excluding tert-OH is 1. The molecule has 4 heteroatoms. The smallest absolute Gasteiger partial charge is 0.129 e. The normalized spacial score (nSPS) is 13.3. The van der Waals surface area contributed by atoms with Gasteiger partial charge < -0.3 is 10.0 Å². The third kappa shape index (κ3) is 2.75. The number of hydrogen-bond acceptors (Lipinski definition) is 2. The van der Waals surface area contributed by atoms with Gasteiger partial charge in [-0.25, -0.2) is 8.78 Å². The van der Waals surface area contributed by atoms with Crippen LogP contribution in [0.4, 0.5) is 8.78 Å². The Morgan fingerprint density at radius 1 is 1.36 bits per heavy atom. The van der Waals surface area contributed by atoms with E-state index in [2.05, 4.69) is 0 Å². The van der Waals surface area contributed by atoms with Crippen LogP contribution in [0.1, 0.15) is 11.7 Å². The molecule has 0 fully saturated rings. The molecular weight excluding hydrogens is 188 g/mol. The Labute approximate surface area is 81.8 Å². The topological polar surface area (TPSA) is 23.5 Å². The van der Waals surface area contributed by atoms with E-state index in [1.807, 2.05) is 0 Å². The van der Waals surface area contributed by atoms with Crippen molar-refractivity contribution in [1.29, 1.82) is 0 Å². The highest BCUT2D eigenvalue weighted by Crippen LogP contribution is 2.18. The molecule has 1 rings (SSSR count). The molecule has 1 aromatic rings. The van der Waals surface area contributed by atoms with Crippen molar-refractivity contribution in [2.75, 3.05) is 20.6 Å². The summed E-state index contributed by atoms with van der Waals surface area (Å²) in [6.07, 6.45) is -0.999. The first kappa shape index (κ1) is 11.1. The molecule has 14 heavy (non-hydrogen) atoms. The standard InChI is InChI=1S/C10H13F2NO/c1-13(2)6-10(14)8-5-7(11)3-4-9(8)12/h3-5,10,14H,6H2,1-2H3. The molecule has 78 valence electrons. The molecule has 1 unspecified atom stereocenters. The molecule has 0 aliphatic heterocycles. The summed E-state index contributed by atoms with van der Waals surface area (Å²) >= 11 is 0. The molecule has 0 aliphatic rings. The minimum Gasteiger partial charge on any atom is -0.387 e. The Morgan fingerprint density at radius 2 is 2.00 bits per heavy atom. The van der Waals surface area contributed by atoms with Crippen molar-refractivity contribution < 1.29 is 13.9 Å². The third-order valence-electron chi connectivity index (χ3n) is 1.86. The van der Waals surface area contributed by atoms with E-state index in [9.17, 15) is 13.9 Å². The van der Waals surface area contributed by atoms with Gasteiger partial charge >= 0.3 is 0 Å². The second kappa shape index (κ2) is 4.48. The number of nitrogens with zero attached hydrogens (tertiary/aromatic N) is 1. The van der Waals surface area contributed by atoms with Crippen LogP contribution in [0, 0.1) is 11.6 Å². The van der Waals surface area contributed by atoms with E-state index in [1.54, 1.807) is 19.0 Å². The molecule has 2 nitrogen and oxygen atoms in total. The lowest BCUT2D eigenvalue weighted by Crippen LogP contribution is -2.20. The van der Waals surface area contributed by atoms with E-state index < -0.39 is 17.7 Å². The fourth-order valence-electron chi connectivity index (χ4n) is 1.21. The van der Waals surface area contributed by atoms with Crippen molar-refractivity contribution in [2.24, 2.45) is 0 Å². The average molecular weight is 201 g/mol. The molecule has 1 atom stereocenters. The predicted molar refractivity (Wildman–Crippen MR) is 49.9 cm³/mol. The van der Waals surface area contributed by atoms with E-state index in [0.717, 1.165) is 18.2 Å². The molecule has 0 saturated carbocycles. The van der Waals surface area contributed by atoms with Crippen LogP contribution in [-0.2, 0) is 0 Å². The Hall–Kier alpha value is -1.00. The van der Waals surface area contributed by atoms with E-state index in [4.69, 9.17) is 0 Å². The largest absolute Gasteiger partial charge is 0.387 e. The molecule has 1 aromatic carbocycles. The summed E-state index contributed by atoms with van der Waals surface area (Å²) in [5, 5.41) is 9.55. The van der Waals surface area contributed by atoms with E-state index in [1.165, 1.54) is 0 Å². The highest BCUT2D eigenvalue weighted by atomic mass is 19.1. The number of benzene rings is 1. The molecule has 0 saturated heterocycles. The fourth-order valence-corrected chi connectivity index (χ4v) is 1.21. The second-order valence-electron chi connectivity index (χ2n) is 3.44. The summed E-state index contributed by atoms with van der Waals surface area (Å²) in [4.78, 5) is 1.70. The minimum atomic E-state index is -0.999. The Balaban J connectivity index is 2.88. The summed E-state index contributed by atoms with van der Waals surface area (Å²) in [6.45, 7) is 0.264. The number of halogens is 2. The van der Waals surface area contributed by atoms with Gasteiger partial charge in [0.1, 0.15) is 11.6 Å². The summed E-state index contributed by atoms with van der Waals surface area (Å²) in [5.74, 6) is -1.13. The van der Waals surface area contributed by atoms with Crippen molar-refractivity contribution in [2.45, 2.75) is 6.10 Å². The lowest BCUT2D eigenvalue weighted by molar-refractivity contribution is 0.134. The highest BCUT2D eigenvalue weighted by molar-refractivity contribution is 5.21. The molecule has 0 aromatic heterocycles. The summed E-state index contributed by atoms with van der Waals surface area (Å²) in [7, 11) is 3.50. The first-order valence-corrected chi connectivity index (χ1v) is 4.28. The van der Waals surface area contributed by atoms with Gasteiger partial charge in [0.15, 0.2) is 0 Å². The maximum absolute atomic E-state index is 13.1. The molecular formula is C10H13F2NO. The van der Waals surface area contributed by atoms with Gasteiger partial charge in [-0.1, -0.05) is 0 Å². The van der Waals surface area contributed by atoms with Crippen molar-refractivity contribution in [3.8, 4) is 0 Å². The molecule has 0 radical (unpaired) electrons. The van der Waals surface area contributed by atoms with Gasteiger partial charge in [-0.3, -0.25) is 0 Å². The molecule has 0 spiro atoms. The van der Waals surface area contributed by atoms with Gasteiger partial charge in [-0.2, -0.15) is 0 Å². The zero-order valence-electron chi connectivity index (χ0n) is 8.17. The van der Waals surface area contributed by atoms with Crippen LogP contribution < -0.4 is 0 Å². The SMILES string of the molecule is CN(C)CC(O)c1cc(F)ccc1F. The maximum atomic E-state index is 13.1. The van der Waals surface area contributed by atoms with Crippen molar-refractivity contribution in [3.05, 3.63) is 35.4 Å². The van der Waals surface area contributed by atoms with E-state index in [-0.39, 0.29) is 12.1 Å². The minimum absolute atomic E-state index is 0.00120. The fraction of sp³-hybridized carbons (Fsp3) is 0.400. The second-order valence-corrected chi connectivity index (χ2v) is 3.44. The van der Waals surface area contributed by atoms with Gasteiger partial charge in [0, 0.05) is 12.1 Å². The Kier molecular flexibility index (Phi) is 3.55. The third-order valence-corrected chi connectivity index (χ3v) is 1.86. The van der Waals surface area contributed by atoms with Gasteiger partial charge in [0.2, 0.25) is 0 Å². The van der Waals surface area contributed by atoms with Crippen LogP contribution in [0.25, 0.3) is 0 Å². The molecule has 1 N–H and O–H groups in total. The van der Waals surface area contributed by atoms with Crippen molar-refractivity contribution in [3.63, 3.8) is 0 Å². The van der Waals surface area contributed by atoms with Crippen LogP contribution in [0.2, 0.25) is 0 Å². The van der Waals surface area contributed by atoms with Crippen LogP contribution in [-0.4, -0.2) is 30.6 Å². The lowest BCUT2D eigenvalue weighted by atomic mass is 10.1. The molecule has 0 bridgehead atoms. The van der Waals surface area contributed by atoms with Gasteiger partial charge in [-0.05, 0) is 32.3 Å². The predicted octanol–water partition coefficient (Wildman–Crippen LogP) is 1.56. The van der Waals surface area contributed by atoms with E-state index in [0.29, 0.717) is 0 Å². The first-order chi connectivity index (χ1) is 6.50. The number of rotatable bonds is 3. The summed E-state index contributed by atoms with van der Waals surface area (Å²) in [5.41, 5.74) is -0.00120. The molecule has 0 amide bonds. The number of hydrogen-bond donors (Lipinski definition) is 1. The zero-order chi connectivity index (χ0) is 10.7. The quantitative estimate of drug-likeness (QED) is 0.802. The van der Waals surface area contributed by atoms with Gasteiger partial charge in [0.25, 0.3) is 0 Å². The highest BCUT2D eigenvalue weighted by Gasteiger charge is 2.14. The van der Waals surface area contributed by atoms with Gasteiger partial charge in [-0.15, -0.1) is 0 Å². The van der Waals surface area contributed by atoms with E-state index >= 15 is 0 Å². The summed E-state index contributed by atoms with van der Waals surface area (Å²) in [6, 6.07) is 3.06. The van der Waals surface area contributed by atoms with Crippen LogP contribution in [0.15, 0.2) is 18.2 Å². The Morgan fingerprint density at radius 3 is 2.57 bits per heavy atom. The van der Waals surface area contributed by atoms with Crippen LogP contribution in [0.5, 0.6) is 0 Å².